The number of anilines is 1. The molecule has 1 N–H and O–H groups in total. The van der Waals surface area contributed by atoms with E-state index >= 15 is 0 Å². The first-order chi connectivity index (χ1) is 9.40. The number of thioether (sulfide) groups is 1. The number of thiazole rings is 1. The maximum atomic E-state index is 4.92. The molecule has 1 aliphatic rings. The van der Waals surface area contributed by atoms with Gasteiger partial charge in [-0.3, -0.25) is 0 Å². The Morgan fingerprint density at radius 3 is 2.65 bits per heavy atom. The second-order valence-electron chi connectivity index (χ2n) is 6.60. The van der Waals surface area contributed by atoms with Crippen LogP contribution in [-0.2, 0) is 6.54 Å². The SMILES string of the molecule is CSCCN(C)c1nc(C2CC2)c(CNC(C)(C)C)s1. The number of aromatic nitrogens is 1. The average molecular weight is 314 g/mol. The van der Waals surface area contributed by atoms with Gasteiger partial charge in [0.2, 0.25) is 0 Å². The van der Waals surface area contributed by atoms with Crippen LogP contribution in [0.25, 0.3) is 0 Å². The largest absolute Gasteiger partial charge is 0.350 e. The van der Waals surface area contributed by atoms with Gasteiger partial charge in [0.15, 0.2) is 5.13 Å². The lowest BCUT2D eigenvalue weighted by Crippen LogP contribution is -2.35. The average Bonchev–Trinajstić information content (AvgIpc) is 3.12. The Morgan fingerprint density at radius 1 is 1.40 bits per heavy atom. The standard InChI is InChI=1S/C15H27N3S2/c1-15(2,3)16-10-12-13(11-6-7-11)17-14(20-12)18(4)8-9-19-5/h11,16H,6-10H2,1-5H3. The summed E-state index contributed by atoms with van der Waals surface area (Å²) in [5.74, 6) is 1.88. The summed E-state index contributed by atoms with van der Waals surface area (Å²) in [7, 11) is 2.16. The fraction of sp³-hybridized carbons (Fsp3) is 0.800. The molecule has 1 fully saturated rings. The highest BCUT2D eigenvalue weighted by atomic mass is 32.2. The maximum Gasteiger partial charge on any atom is 0.185 e. The quantitative estimate of drug-likeness (QED) is 0.830. The summed E-state index contributed by atoms with van der Waals surface area (Å²) in [6, 6.07) is 0. The molecule has 1 aromatic heterocycles. The molecule has 1 aliphatic carbocycles. The molecule has 0 unspecified atom stereocenters. The molecule has 0 radical (unpaired) electrons. The summed E-state index contributed by atoms with van der Waals surface area (Å²) >= 11 is 3.76. The Labute approximate surface area is 131 Å². The van der Waals surface area contributed by atoms with E-state index in [1.54, 1.807) is 0 Å². The summed E-state index contributed by atoms with van der Waals surface area (Å²) in [5.41, 5.74) is 1.52. The van der Waals surface area contributed by atoms with Crippen molar-refractivity contribution in [1.82, 2.24) is 10.3 Å². The van der Waals surface area contributed by atoms with Crippen LogP contribution >= 0.6 is 23.1 Å². The van der Waals surface area contributed by atoms with Gasteiger partial charge >= 0.3 is 0 Å². The lowest BCUT2D eigenvalue weighted by atomic mass is 10.1. The molecule has 0 saturated heterocycles. The van der Waals surface area contributed by atoms with Crippen molar-refractivity contribution in [2.45, 2.75) is 51.6 Å². The van der Waals surface area contributed by atoms with Gasteiger partial charge < -0.3 is 10.2 Å². The molecule has 20 heavy (non-hydrogen) atoms. The van der Waals surface area contributed by atoms with Gasteiger partial charge in [-0.1, -0.05) is 0 Å². The molecular weight excluding hydrogens is 286 g/mol. The van der Waals surface area contributed by atoms with Crippen molar-refractivity contribution in [2.24, 2.45) is 0 Å². The molecule has 0 amide bonds. The predicted octanol–water partition coefficient (Wildman–Crippen LogP) is 3.71. The smallest absolute Gasteiger partial charge is 0.185 e. The van der Waals surface area contributed by atoms with E-state index in [1.165, 1.54) is 28.5 Å². The van der Waals surface area contributed by atoms with Crippen LogP contribution < -0.4 is 10.2 Å². The number of hydrogen-bond acceptors (Lipinski definition) is 5. The van der Waals surface area contributed by atoms with E-state index < -0.39 is 0 Å². The predicted molar refractivity (Wildman–Crippen MR) is 92.3 cm³/mol. The number of rotatable bonds is 7. The highest BCUT2D eigenvalue weighted by Crippen LogP contribution is 2.44. The summed E-state index contributed by atoms with van der Waals surface area (Å²) in [6.45, 7) is 8.68. The van der Waals surface area contributed by atoms with Crippen LogP contribution in [0.5, 0.6) is 0 Å². The molecule has 114 valence electrons. The Kier molecular flexibility index (Phi) is 5.37. The lowest BCUT2D eigenvalue weighted by Gasteiger charge is -2.20. The van der Waals surface area contributed by atoms with Crippen molar-refractivity contribution >= 4 is 28.2 Å². The van der Waals surface area contributed by atoms with E-state index in [9.17, 15) is 0 Å². The minimum absolute atomic E-state index is 0.162. The third-order valence-electron chi connectivity index (χ3n) is 3.42. The third kappa shape index (κ3) is 4.64. The molecule has 1 aromatic rings. The molecule has 3 nitrogen and oxygen atoms in total. The first-order valence-corrected chi connectivity index (χ1v) is 9.56. The minimum atomic E-state index is 0.162. The van der Waals surface area contributed by atoms with Gasteiger partial charge in [0.1, 0.15) is 0 Å². The van der Waals surface area contributed by atoms with Gasteiger partial charge in [0.25, 0.3) is 0 Å². The van der Waals surface area contributed by atoms with Crippen molar-refractivity contribution in [3.05, 3.63) is 10.6 Å². The van der Waals surface area contributed by atoms with Crippen LogP contribution in [0.1, 0.15) is 50.1 Å². The molecule has 5 heteroatoms. The normalized spacial score (nSPS) is 15.7. The van der Waals surface area contributed by atoms with Crippen molar-refractivity contribution in [3.8, 4) is 0 Å². The fourth-order valence-electron chi connectivity index (χ4n) is 1.99. The van der Waals surface area contributed by atoms with Crippen molar-refractivity contribution in [1.29, 1.82) is 0 Å². The van der Waals surface area contributed by atoms with E-state index in [2.05, 4.69) is 44.3 Å². The highest BCUT2D eigenvalue weighted by molar-refractivity contribution is 7.98. The first kappa shape index (κ1) is 16.1. The van der Waals surface area contributed by atoms with Gasteiger partial charge in [-0.05, 0) is 39.9 Å². The lowest BCUT2D eigenvalue weighted by molar-refractivity contribution is 0.425. The van der Waals surface area contributed by atoms with E-state index in [4.69, 9.17) is 4.98 Å². The van der Waals surface area contributed by atoms with Crippen molar-refractivity contribution in [3.63, 3.8) is 0 Å². The second kappa shape index (κ2) is 6.67. The van der Waals surface area contributed by atoms with Gasteiger partial charge in [0, 0.05) is 42.2 Å². The van der Waals surface area contributed by atoms with Crippen LogP contribution in [0.4, 0.5) is 5.13 Å². The molecule has 1 heterocycles. The fourth-order valence-corrected chi connectivity index (χ4v) is 3.51. The summed E-state index contributed by atoms with van der Waals surface area (Å²) in [6.07, 6.45) is 4.80. The van der Waals surface area contributed by atoms with Gasteiger partial charge in [0.05, 0.1) is 5.69 Å². The number of nitrogens with zero attached hydrogens (tertiary/aromatic N) is 2. The van der Waals surface area contributed by atoms with Crippen LogP contribution in [0.15, 0.2) is 0 Å². The Morgan fingerprint density at radius 2 is 2.10 bits per heavy atom. The Balaban J connectivity index is 2.07. The Bertz CT molecular complexity index is 433. The molecule has 0 bridgehead atoms. The van der Waals surface area contributed by atoms with Gasteiger partial charge in [-0.25, -0.2) is 4.98 Å². The zero-order valence-corrected chi connectivity index (χ0v) is 15.0. The Hall–Kier alpha value is -0.260. The van der Waals surface area contributed by atoms with Crippen molar-refractivity contribution < 1.29 is 0 Å². The summed E-state index contributed by atoms with van der Waals surface area (Å²) < 4.78 is 0. The first-order valence-electron chi connectivity index (χ1n) is 7.35. The van der Waals surface area contributed by atoms with Crippen LogP contribution in [0.2, 0.25) is 0 Å². The zero-order chi connectivity index (χ0) is 14.8. The molecule has 1 saturated carbocycles. The molecule has 0 aromatic carbocycles. The zero-order valence-electron chi connectivity index (χ0n) is 13.3. The minimum Gasteiger partial charge on any atom is -0.350 e. The molecule has 0 spiro atoms. The van der Waals surface area contributed by atoms with Crippen LogP contribution in [-0.4, -0.2) is 36.1 Å². The van der Waals surface area contributed by atoms with Gasteiger partial charge in [-0.2, -0.15) is 11.8 Å². The number of hydrogen-bond donors (Lipinski definition) is 1. The van der Waals surface area contributed by atoms with E-state index in [0.29, 0.717) is 0 Å². The molecule has 0 atom stereocenters. The summed E-state index contributed by atoms with van der Waals surface area (Å²) in [4.78, 5) is 8.66. The van der Waals surface area contributed by atoms with Crippen LogP contribution in [0, 0.1) is 0 Å². The molecular formula is C15H27N3S2. The van der Waals surface area contributed by atoms with E-state index in [0.717, 1.165) is 24.8 Å². The van der Waals surface area contributed by atoms with Gasteiger partial charge in [-0.15, -0.1) is 11.3 Å². The third-order valence-corrected chi connectivity index (χ3v) is 5.19. The number of nitrogens with one attached hydrogen (secondary N) is 1. The van der Waals surface area contributed by atoms with Crippen LogP contribution in [0.3, 0.4) is 0 Å². The highest BCUT2D eigenvalue weighted by Gasteiger charge is 2.30. The topological polar surface area (TPSA) is 28.2 Å². The molecule has 2 rings (SSSR count). The molecule has 0 aliphatic heterocycles. The monoisotopic (exact) mass is 313 g/mol. The van der Waals surface area contributed by atoms with E-state index in [-0.39, 0.29) is 5.54 Å². The summed E-state index contributed by atoms with van der Waals surface area (Å²) in [5, 5.41) is 4.79. The van der Waals surface area contributed by atoms with E-state index in [1.807, 2.05) is 23.1 Å². The van der Waals surface area contributed by atoms with Crippen molar-refractivity contribution in [2.75, 3.05) is 30.5 Å². The maximum absolute atomic E-state index is 4.92. The second-order valence-corrected chi connectivity index (χ2v) is 8.64.